The number of nitrogens with zero attached hydrogens (tertiary/aromatic N) is 1. The molecule has 4 nitrogen and oxygen atoms in total. The lowest BCUT2D eigenvalue weighted by Crippen LogP contribution is -1.85. The summed E-state index contributed by atoms with van der Waals surface area (Å²) in [5, 5.41) is 2.12. The minimum Gasteiger partial charge on any atom is -0.497 e. The van der Waals surface area contributed by atoms with Gasteiger partial charge in [-0.25, -0.2) is 0 Å². The van der Waals surface area contributed by atoms with E-state index in [0.29, 0.717) is 0 Å². The maximum Gasteiger partial charge on any atom is 0.147 e. The Kier molecular flexibility index (Phi) is 2.14. The van der Waals surface area contributed by atoms with E-state index in [1.54, 1.807) is 26.6 Å². The van der Waals surface area contributed by atoms with E-state index < -0.39 is 0 Å². The Hall–Kier alpha value is -2.23. The van der Waals surface area contributed by atoms with Gasteiger partial charge in [-0.3, -0.25) is 4.98 Å². The third-order valence-electron chi connectivity index (χ3n) is 2.90. The zero-order chi connectivity index (χ0) is 11.8. The Morgan fingerprint density at radius 1 is 1.06 bits per heavy atom. The van der Waals surface area contributed by atoms with Crippen LogP contribution in [0.5, 0.6) is 11.5 Å². The normalized spacial score (nSPS) is 10.9. The predicted octanol–water partition coefficient (Wildman–Crippen LogP) is 2.73. The molecule has 4 heteroatoms. The van der Waals surface area contributed by atoms with Gasteiger partial charge in [0.25, 0.3) is 0 Å². The number of pyridine rings is 1. The molecule has 0 amide bonds. The van der Waals surface area contributed by atoms with Crippen molar-refractivity contribution >= 4 is 21.8 Å². The first-order valence-electron chi connectivity index (χ1n) is 5.31. The summed E-state index contributed by atoms with van der Waals surface area (Å²) in [5.41, 5.74) is 2.01. The molecule has 0 spiro atoms. The number of ether oxygens (including phenoxy) is 2. The molecule has 0 saturated carbocycles. The van der Waals surface area contributed by atoms with Crippen LogP contribution in [0.1, 0.15) is 0 Å². The Balaban J connectivity index is 2.46. The monoisotopic (exact) mass is 228 g/mol. The highest BCUT2D eigenvalue weighted by Crippen LogP contribution is 2.33. The lowest BCUT2D eigenvalue weighted by Gasteiger charge is -2.02. The first-order valence-corrected chi connectivity index (χ1v) is 5.31. The van der Waals surface area contributed by atoms with Crippen LogP contribution in [-0.4, -0.2) is 24.2 Å². The summed E-state index contributed by atoms with van der Waals surface area (Å²) < 4.78 is 10.6. The molecule has 3 rings (SSSR count). The molecule has 0 aliphatic heterocycles. The van der Waals surface area contributed by atoms with Crippen LogP contribution in [0, 0.1) is 0 Å². The van der Waals surface area contributed by atoms with Crippen LogP contribution >= 0.6 is 0 Å². The summed E-state index contributed by atoms with van der Waals surface area (Å²) in [4.78, 5) is 7.44. The highest BCUT2D eigenvalue weighted by Gasteiger charge is 2.10. The zero-order valence-corrected chi connectivity index (χ0v) is 9.65. The first-order chi connectivity index (χ1) is 8.33. The van der Waals surface area contributed by atoms with Gasteiger partial charge in [-0.05, 0) is 18.2 Å². The Labute approximate surface area is 98.2 Å². The van der Waals surface area contributed by atoms with E-state index in [9.17, 15) is 0 Å². The molecule has 0 unspecified atom stereocenters. The summed E-state index contributed by atoms with van der Waals surface area (Å²) in [7, 11) is 3.31. The Morgan fingerprint density at radius 2 is 1.94 bits per heavy atom. The summed E-state index contributed by atoms with van der Waals surface area (Å²) in [6, 6.07) is 5.92. The third-order valence-corrected chi connectivity index (χ3v) is 2.90. The molecule has 0 atom stereocenters. The van der Waals surface area contributed by atoms with E-state index in [1.807, 2.05) is 18.2 Å². The maximum atomic E-state index is 5.34. The lowest BCUT2D eigenvalue weighted by atomic mass is 10.1. The second-order valence-electron chi connectivity index (χ2n) is 3.80. The van der Waals surface area contributed by atoms with Gasteiger partial charge in [0.15, 0.2) is 0 Å². The van der Waals surface area contributed by atoms with Gasteiger partial charge in [0.1, 0.15) is 11.5 Å². The summed E-state index contributed by atoms with van der Waals surface area (Å²) in [6.07, 6.45) is 3.51. The second-order valence-corrected chi connectivity index (χ2v) is 3.80. The van der Waals surface area contributed by atoms with E-state index >= 15 is 0 Å². The van der Waals surface area contributed by atoms with Crippen molar-refractivity contribution in [2.75, 3.05) is 14.2 Å². The highest BCUT2D eigenvalue weighted by molar-refractivity contribution is 6.10. The minimum atomic E-state index is 0.766. The van der Waals surface area contributed by atoms with E-state index in [2.05, 4.69) is 9.97 Å². The molecular weight excluding hydrogens is 216 g/mol. The van der Waals surface area contributed by atoms with Gasteiger partial charge in [0.05, 0.1) is 37.5 Å². The number of benzene rings is 1. The lowest BCUT2D eigenvalue weighted by molar-refractivity contribution is 0.415. The van der Waals surface area contributed by atoms with E-state index in [1.165, 1.54) is 0 Å². The average molecular weight is 228 g/mol. The molecule has 0 saturated heterocycles. The number of fused-ring (bicyclic) bond motifs is 3. The minimum absolute atomic E-state index is 0.766. The van der Waals surface area contributed by atoms with Crippen LogP contribution in [0.4, 0.5) is 0 Å². The van der Waals surface area contributed by atoms with Crippen molar-refractivity contribution in [2.24, 2.45) is 0 Å². The molecule has 0 aliphatic carbocycles. The molecule has 2 heterocycles. The van der Waals surface area contributed by atoms with Crippen LogP contribution in [0.25, 0.3) is 21.8 Å². The molecule has 0 aliphatic rings. The Bertz CT molecular complexity index is 688. The van der Waals surface area contributed by atoms with Crippen molar-refractivity contribution in [1.29, 1.82) is 0 Å². The number of aromatic nitrogens is 2. The molecule has 0 radical (unpaired) electrons. The predicted molar refractivity (Wildman–Crippen MR) is 66.7 cm³/mol. The van der Waals surface area contributed by atoms with Crippen LogP contribution in [-0.2, 0) is 0 Å². The fraction of sp³-hybridized carbons (Fsp3) is 0.154. The molecule has 2 aromatic heterocycles. The molecule has 0 bridgehead atoms. The number of nitrogens with one attached hydrogen (secondary N) is 1. The second kappa shape index (κ2) is 3.66. The smallest absolute Gasteiger partial charge is 0.147 e. The molecule has 3 aromatic rings. The number of aromatic amines is 1. The number of rotatable bonds is 2. The highest BCUT2D eigenvalue weighted by atomic mass is 16.5. The largest absolute Gasteiger partial charge is 0.497 e. The molecule has 86 valence electrons. The molecule has 17 heavy (non-hydrogen) atoms. The van der Waals surface area contributed by atoms with Gasteiger partial charge in [0, 0.05) is 10.9 Å². The Morgan fingerprint density at radius 3 is 2.71 bits per heavy atom. The zero-order valence-electron chi connectivity index (χ0n) is 9.65. The molecule has 0 fully saturated rings. The van der Waals surface area contributed by atoms with Crippen LogP contribution in [0.2, 0.25) is 0 Å². The van der Waals surface area contributed by atoms with E-state index in [4.69, 9.17) is 9.47 Å². The van der Waals surface area contributed by atoms with Gasteiger partial charge >= 0.3 is 0 Å². The topological polar surface area (TPSA) is 47.1 Å². The van der Waals surface area contributed by atoms with Gasteiger partial charge in [-0.15, -0.1) is 0 Å². The van der Waals surface area contributed by atoms with Crippen molar-refractivity contribution in [3.63, 3.8) is 0 Å². The van der Waals surface area contributed by atoms with Crippen LogP contribution in [0.3, 0.4) is 0 Å². The van der Waals surface area contributed by atoms with Gasteiger partial charge in [0.2, 0.25) is 0 Å². The fourth-order valence-electron chi connectivity index (χ4n) is 2.08. The number of hydrogen-bond donors (Lipinski definition) is 1. The summed E-state index contributed by atoms with van der Waals surface area (Å²) >= 11 is 0. The van der Waals surface area contributed by atoms with Crippen molar-refractivity contribution in [3.05, 3.63) is 30.6 Å². The van der Waals surface area contributed by atoms with E-state index in [-0.39, 0.29) is 0 Å². The van der Waals surface area contributed by atoms with Gasteiger partial charge < -0.3 is 14.5 Å². The van der Waals surface area contributed by atoms with Gasteiger partial charge in [-0.1, -0.05) is 0 Å². The fourth-order valence-corrected chi connectivity index (χ4v) is 2.08. The maximum absolute atomic E-state index is 5.34. The van der Waals surface area contributed by atoms with Crippen molar-refractivity contribution in [3.8, 4) is 11.5 Å². The average Bonchev–Trinajstić information content (AvgIpc) is 2.75. The quantitative estimate of drug-likeness (QED) is 0.733. The van der Waals surface area contributed by atoms with Crippen molar-refractivity contribution < 1.29 is 9.47 Å². The SMILES string of the molecule is COc1ccc2[nH]c3cncc(OC)c3c2c1. The van der Waals surface area contributed by atoms with Crippen LogP contribution in [0.15, 0.2) is 30.6 Å². The van der Waals surface area contributed by atoms with Crippen molar-refractivity contribution in [2.45, 2.75) is 0 Å². The van der Waals surface area contributed by atoms with Crippen LogP contribution < -0.4 is 9.47 Å². The number of H-pyrrole nitrogens is 1. The summed E-state index contributed by atoms with van der Waals surface area (Å²) in [5.74, 6) is 1.60. The number of hydrogen-bond acceptors (Lipinski definition) is 3. The third kappa shape index (κ3) is 1.41. The standard InChI is InChI=1S/C13H12N2O2/c1-16-8-3-4-10-9(5-8)13-11(15-10)6-14-7-12(13)17-2/h3-7,15H,1-2H3. The molecule has 1 aromatic carbocycles. The van der Waals surface area contributed by atoms with Crippen molar-refractivity contribution in [1.82, 2.24) is 9.97 Å². The first kappa shape index (κ1) is 9.96. The summed E-state index contributed by atoms with van der Waals surface area (Å²) in [6.45, 7) is 0. The molecular formula is C13H12N2O2. The van der Waals surface area contributed by atoms with Gasteiger partial charge in [-0.2, -0.15) is 0 Å². The van der Waals surface area contributed by atoms with E-state index in [0.717, 1.165) is 33.3 Å². The number of methoxy groups -OCH3 is 2. The molecule has 1 N–H and O–H groups in total.